The van der Waals surface area contributed by atoms with E-state index in [1.54, 1.807) is 4.90 Å². The molecule has 1 saturated heterocycles. The molecule has 1 aromatic rings. The number of urea groups is 1. The van der Waals surface area contributed by atoms with Crippen molar-refractivity contribution >= 4 is 30.0 Å². The average Bonchev–Trinajstić information content (AvgIpc) is 2.52. The van der Waals surface area contributed by atoms with Gasteiger partial charge in [-0.05, 0) is 44.5 Å². The Bertz CT molecular complexity index is 539. The Labute approximate surface area is 143 Å². The molecule has 0 bridgehead atoms. The molecule has 1 aliphatic rings. The van der Waals surface area contributed by atoms with E-state index >= 15 is 0 Å². The van der Waals surface area contributed by atoms with Gasteiger partial charge in [0.25, 0.3) is 0 Å². The maximum atomic E-state index is 12.1. The van der Waals surface area contributed by atoms with Gasteiger partial charge in [-0.3, -0.25) is 4.79 Å². The second-order valence-electron chi connectivity index (χ2n) is 5.64. The molecule has 0 aromatic heterocycles. The molecule has 1 aliphatic heterocycles. The van der Waals surface area contributed by atoms with Crippen molar-refractivity contribution in [3.05, 3.63) is 29.8 Å². The predicted octanol–water partition coefficient (Wildman–Crippen LogP) is 1.75. The molecule has 0 spiro atoms. The fraction of sp³-hybridized carbons (Fsp3) is 0.500. The maximum absolute atomic E-state index is 12.1. The van der Waals surface area contributed by atoms with Crippen LogP contribution in [0.1, 0.15) is 18.4 Å². The van der Waals surface area contributed by atoms with Crippen LogP contribution in [0.25, 0.3) is 0 Å². The Morgan fingerprint density at radius 2 is 2.13 bits per heavy atom. The first-order valence-corrected chi connectivity index (χ1v) is 7.65. The molecule has 1 unspecified atom stereocenters. The number of hydrogen-bond donors (Lipinski definition) is 3. The quantitative estimate of drug-likeness (QED) is 0.781. The van der Waals surface area contributed by atoms with Gasteiger partial charge in [0.2, 0.25) is 5.91 Å². The number of halogens is 1. The Morgan fingerprint density at radius 3 is 2.83 bits per heavy atom. The van der Waals surface area contributed by atoms with Crippen molar-refractivity contribution in [2.75, 3.05) is 32.0 Å². The fourth-order valence-electron chi connectivity index (χ4n) is 2.61. The van der Waals surface area contributed by atoms with Gasteiger partial charge in [-0.1, -0.05) is 12.1 Å². The number of nitrogens with zero attached hydrogens (tertiary/aromatic N) is 1. The smallest absolute Gasteiger partial charge is 0.319 e. The lowest BCUT2D eigenvalue weighted by Crippen LogP contribution is -2.50. The third-order valence-corrected chi connectivity index (χ3v) is 3.86. The van der Waals surface area contributed by atoms with Gasteiger partial charge < -0.3 is 20.9 Å². The van der Waals surface area contributed by atoms with E-state index < -0.39 is 0 Å². The lowest BCUT2D eigenvalue weighted by molar-refractivity contribution is -0.131. The summed E-state index contributed by atoms with van der Waals surface area (Å²) in [6.45, 7) is 3.45. The summed E-state index contributed by atoms with van der Waals surface area (Å²) in [7, 11) is 1.91. The zero-order valence-electron chi connectivity index (χ0n) is 13.6. The minimum absolute atomic E-state index is 0. The molecule has 1 atom stereocenters. The first-order valence-electron chi connectivity index (χ1n) is 7.65. The van der Waals surface area contributed by atoms with Gasteiger partial charge >= 0.3 is 6.03 Å². The molecule has 1 fully saturated rings. The van der Waals surface area contributed by atoms with Crippen molar-refractivity contribution in [2.24, 2.45) is 0 Å². The lowest BCUT2D eigenvalue weighted by atomic mass is 10.1. The van der Waals surface area contributed by atoms with Gasteiger partial charge in [-0.2, -0.15) is 0 Å². The summed E-state index contributed by atoms with van der Waals surface area (Å²) in [6.07, 6.45) is 2.08. The minimum Gasteiger partial charge on any atom is -0.340 e. The number of anilines is 1. The van der Waals surface area contributed by atoms with E-state index in [9.17, 15) is 9.59 Å². The Morgan fingerprint density at radius 1 is 1.35 bits per heavy atom. The number of benzene rings is 1. The van der Waals surface area contributed by atoms with Crippen LogP contribution in [0.2, 0.25) is 0 Å². The Hall–Kier alpha value is -1.79. The highest BCUT2D eigenvalue weighted by atomic mass is 35.5. The average molecular weight is 341 g/mol. The van der Waals surface area contributed by atoms with Crippen LogP contribution in [-0.4, -0.2) is 49.6 Å². The van der Waals surface area contributed by atoms with Gasteiger partial charge in [0, 0.05) is 24.8 Å². The van der Waals surface area contributed by atoms with Crippen LogP contribution in [0.5, 0.6) is 0 Å². The molecule has 3 amide bonds. The highest BCUT2D eigenvalue weighted by molar-refractivity contribution is 5.92. The van der Waals surface area contributed by atoms with E-state index in [4.69, 9.17) is 0 Å². The van der Waals surface area contributed by atoms with Crippen LogP contribution in [0.15, 0.2) is 24.3 Å². The number of likely N-dealkylation sites (N-methyl/N-ethyl adjacent to an activating group) is 1. The maximum Gasteiger partial charge on any atom is 0.319 e. The first kappa shape index (κ1) is 19.3. The largest absolute Gasteiger partial charge is 0.340 e. The van der Waals surface area contributed by atoms with Crippen molar-refractivity contribution in [1.82, 2.24) is 15.5 Å². The minimum atomic E-state index is -0.360. The normalized spacial score (nSPS) is 17.1. The summed E-state index contributed by atoms with van der Waals surface area (Å²) in [5.74, 6) is -0.0423. The molecule has 0 radical (unpaired) electrons. The molecule has 2 rings (SSSR count). The number of nitrogens with one attached hydrogen (secondary N) is 3. The third kappa shape index (κ3) is 6.08. The van der Waals surface area contributed by atoms with E-state index in [2.05, 4.69) is 16.0 Å². The van der Waals surface area contributed by atoms with E-state index in [1.165, 1.54) is 0 Å². The van der Waals surface area contributed by atoms with Crippen LogP contribution < -0.4 is 16.0 Å². The molecule has 0 aliphatic carbocycles. The predicted molar refractivity (Wildman–Crippen MR) is 94.1 cm³/mol. The van der Waals surface area contributed by atoms with Gasteiger partial charge in [0.05, 0.1) is 6.54 Å². The molecule has 0 saturated carbocycles. The molecule has 1 aromatic carbocycles. The van der Waals surface area contributed by atoms with Crippen molar-refractivity contribution in [3.8, 4) is 0 Å². The molecule has 1 heterocycles. The van der Waals surface area contributed by atoms with Gasteiger partial charge in [-0.15, -0.1) is 12.4 Å². The molecule has 7 heteroatoms. The van der Waals surface area contributed by atoms with Gasteiger partial charge in [0.15, 0.2) is 0 Å². The molecule has 23 heavy (non-hydrogen) atoms. The van der Waals surface area contributed by atoms with Crippen LogP contribution >= 0.6 is 12.4 Å². The molecule has 3 N–H and O–H groups in total. The fourth-order valence-corrected chi connectivity index (χ4v) is 2.61. The highest BCUT2D eigenvalue weighted by Gasteiger charge is 2.22. The SMILES string of the molecule is CNC1CCCN(C(=O)CNC(=O)Nc2cccc(C)c2)C1.Cl. The Balaban J connectivity index is 0.00000264. The standard InChI is InChI=1S/C16H24N4O2.ClH/c1-12-5-3-6-13(9-12)19-16(22)18-10-15(21)20-8-4-7-14(11-20)17-2;/h3,5-6,9,14,17H,4,7-8,10-11H2,1-2H3,(H2,18,19,22);1H. The van der Waals surface area contributed by atoms with Crippen molar-refractivity contribution in [1.29, 1.82) is 0 Å². The summed E-state index contributed by atoms with van der Waals surface area (Å²) in [6, 6.07) is 7.52. The summed E-state index contributed by atoms with van der Waals surface area (Å²) >= 11 is 0. The topological polar surface area (TPSA) is 73.5 Å². The second kappa shape index (κ2) is 9.37. The number of hydrogen-bond acceptors (Lipinski definition) is 3. The molecular weight excluding hydrogens is 316 g/mol. The summed E-state index contributed by atoms with van der Waals surface area (Å²) < 4.78 is 0. The van der Waals surface area contributed by atoms with Crippen molar-refractivity contribution in [2.45, 2.75) is 25.8 Å². The number of aryl methyl sites for hydroxylation is 1. The number of rotatable bonds is 4. The number of likely N-dealkylation sites (tertiary alicyclic amines) is 1. The van der Waals surface area contributed by atoms with E-state index in [0.717, 1.165) is 30.6 Å². The van der Waals surface area contributed by atoms with E-state index in [-0.39, 0.29) is 30.9 Å². The number of amides is 3. The molecule has 128 valence electrons. The number of carbonyl (C=O) groups is 2. The highest BCUT2D eigenvalue weighted by Crippen LogP contribution is 2.10. The van der Waals surface area contributed by atoms with Crippen molar-refractivity contribution < 1.29 is 9.59 Å². The van der Waals surface area contributed by atoms with Crippen molar-refractivity contribution in [3.63, 3.8) is 0 Å². The zero-order chi connectivity index (χ0) is 15.9. The monoisotopic (exact) mass is 340 g/mol. The first-order chi connectivity index (χ1) is 10.6. The summed E-state index contributed by atoms with van der Waals surface area (Å²) in [4.78, 5) is 25.8. The summed E-state index contributed by atoms with van der Waals surface area (Å²) in [5.41, 5.74) is 1.79. The van der Waals surface area contributed by atoms with Crippen LogP contribution in [0.3, 0.4) is 0 Å². The molecular formula is C16H25ClN4O2. The lowest BCUT2D eigenvalue weighted by Gasteiger charge is -2.32. The van der Waals surface area contributed by atoms with E-state index in [0.29, 0.717) is 12.6 Å². The molecule has 6 nitrogen and oxygen atoms in total. The number of piperidine rings is 1. The second-order valence-corrected chi connectivity index (χ2v) is 5.64. The van der Waals surface area contributed by atoms with Crippen LogP contribution in [0, 0.1) is 6.92 Å². The van der Waals surface area contributed by atoms with Crippen LogP contribution in [-0.2, 0) is 4.79 Å². The zero-order valence-corrected chi connectivity index (χ0v) is 14.4. The van der Waals surface area contributed by atoms with Gasteiger partial charge in [-0.25, -0.2) is 4.79 Å². The van der Waals surface area contributed by atoms with Gasteiger partial charge in [0.1, 0.15) is 0 Å². The van der Waals surface area contributed by atoms with Crippen LogP contribution in [0.4, 0.5) is 10.5 Å². The number of carbonyl (C=O) groups excluding carboxylic acids is 2. The Kier molecular flexibility index (Phi) is 7.85. The third-order valence-electron chi connectivity index (χ3n) is 3.86. The summed E-state index contributed by atoms with van der Waals surface area (Å²) in [5, 5.41) is 8.54. The van der Waals surface area contributed by atoms with E-state index in [1.807, 2.05) is 38.2 Å².